The van der Waals surface area contributed by atoms with Crippen molar-refractivity contribution in [2.24, 2.45) is 5.10 Å². The van der Waals surface area contributed by atoms with Gasteiger partial charge in [0.25, 0.3) is 0 Å². The van der Waals surface area contributed by atoms with Gasteiger partial charge in [-0.2, -0.15) is 5.10 Å². The van der Waals surface area contributed by atoms with E-state index in [1.165, 1.54) is 0 Å². The Balaban J connectivity index is 1.95. The molecule has 0 aromatic carbocycles. The number of pyridine rings is 2. The van der Waals surface area contributed by atoms with Crippen LogP contribution in [0.15, 0.2) is 48.0 Å². The van der Waals surface area contributed by atoms with Gasteiger partial charge in [0.2, 0.25) is 5.88 Å². The molecule has 0 atom stereocenters. The van der Waals surface area contributed by atoms with Crippen molar-refractivity contribution in [1.82, 2.24) is 9.97 Å². The van der Waals surface area contributed by atoms with Gasteiger partial charge in [-0.05, 0) is 23.8 Å². The highest BCUT2D eigenvalue weighted by atomic mass is 16.5. The first-order valence-electron chi connectivity index (χ1n) is 5.07. The van der Waals surface area contributed by atoms with Crippen molar-refractivity contribution in [2.75, 3.05) is 12.5 Å². The number of hydrogen-bond donors (Lipinski definition) is 1. The lowest BCUT2D eigenvalue weighted by atomic mass is 10.3. The largest absolute Gasteiger partial charge is 0.481 e. The number of anilines is 1. The predicted octanol–water partition coefficient (Wildman–Crippen LogP) is 1.93. The van der Waals surface area contributed by atoms with Crippen LogP contribution in [0.5, 0.6) is 5.88 Å². The molecule has 86 valence electrons. The first kappa shape index (κ1) is 11.1. The third-order valence-corrected chi connectivity index (χ3v) is 2.06. The second-order valence-corrected chi connectivity index (χ2v) is 3.24. The van der Waals surface area contributed by atoms with Gasteiger partial charge in [-0.1, -0.05) is 0 Å². The summed E-state index contributed by atoms with van der Waals surface area (Å²) in [6.45, 7) is 0. The van der Waals surface area contributed by atoms with E-state index in [0.717, 1.165) is 11.3 Å². The summed E-state index contributed by atoms with van der Waals surface area (Å²) >= 11 is 0. The van der Waals surface area contributed by atoms with Gasteiger partial charge < -0.3 is 4.74 Å². The molecule has 0 bridgehead atoms. The third kappa shape index (κ3) is 3.27. The first-order chi connectivity index (χ1) is 8.38. The molecule has 0 radical (unpaired) electrons. The van der Waals surface area contributed by atoms with Gasteiger partial charge in [0.15, 0.2) is 0 Å². The van der Waals surface area contributed by atoms with E-state index in [-0.39, 0.29) is 0 Å². The SMILES string of the molecule is COc1ccc(N/N=C/c2ccncc2)cn1. The Labute approximate surface area is 99.2 Å². The van der Waals surface area contributed by atoms with Crippen LogP contribution in [0.1, 0.15) is 5.56 Å². The van der Waals surface area contributed by atoms with Crippen LogP contribution in [0.3, 0.4) is 0 Å². The molecule has 0 saturated heterocycles. The van der Waals surface area contributed by atoms with Crippen molar-refractivity contribution in [3.63, 3.8) is 0 Å². The topological polar surface area (TPSA) is 59.4 Å². The summed E-state index contributed by atoms with van der Waals surface area (Å²) in [5.74, 6) is 0.577. The van der Waals surface area contributed by atoms with Crippen LogP contribution in [0, 0.1) is 0 Å². The van der Waals surface area contributed by atoms with E-state index in [1.807, 2.05) is 18.2 Å². The van der Waals surface area contributed by atoms with Gasteiger partial charge in [-0.15, -0.1) is 0 Å². The summed E-state index contributed by atoms with van der Waals surface area (Å²) in [7, 11) is 1.58. The summed E-state index contributed by atoms with van der Waals surface area (Å²) in [4.78, 5) is 7.98. The molecule has 2 rings (SSSR count). The highest BCUT2D eigenvalue weighted by molar-refractivity contribution is 5.79. The number of hydrogen-bond acceptors (Lipinski definition) is 5. The number of nitrogens with one attached hydrogen (secondary N) is 1. The van der Waals surface area contributed by atoms with Gasteiger partial charge in [-0.25, -0.2) is 4.98 Å². The highest BCUT2D eigenvalue weighted by Gasteiger charge is 1.92. The predicted molar refractivity (Wildman–Crippen MR) is 66.2 cm³/mol. The van der Waals surface area contributed by atoms with E-state index >= 15 is 0 Å². The molecule has 2 heterocycles. The van der Waals surface area contributed by atoms with E-state index in [2.05, 4.69) is 20.5 Å². The van der Waals surface area contributed by atoms with E-state index < -0.39 is 0 Å². The maximum Gasteiger partial charge on any atom is 0.213 e. The van der Waals surface area contributed by atoms with Gasteiger partial charge in [-0.3, -0.25) is 10.4 Å². The number of rotatable bonds is 4. The van der Waals surface area contributed by atoms with Gasteiger partial charge in [0.1, 0.15) is 0 Å². The Morgan fingerprint density at radius 2 is 2.06 bits per heavy atom. The average Bonchev–Trinajstić information content (AvgIpc) is 2.41. The Bertz CT molecular complexity index is 482. The molecule has 0 aliphatic heterocycles. The Hall–Kier alpha value is -2.43. The molecular formula is C12H12N4O. The minimum absolute atomic E-state index is 0.577. The van der Waals surface area contributed by atoms with Crippen molar-refractivity contribution in [1.29, 1.82) is 0 Å². The van der Waals surface area contributed by atoms with Crippen LogP contribution in [0.25, 0.3) is 0 Å². The number of hydrazone groups is 1. The standard InChI is InChI=1S/C12H12N4O/c1-17-12-3-2-11(9-14-12)16-15-8-10-4-6-13-7-5-10/h2-9,16H,1H3/b15-8+. The Morgan fingerprint density at radius 3 is 2.71 bits per heavy atom. The average molecular weight is 228 g/mol. The smallest absolute Gasteiger partial charge is 0.213 e. The molecule has 0 aliphatic rings. The van der Waals surface area contributed by atoms with Gasteiger partial charge in [0.05, 0.1) is 25.2 Å². The summed E-state index contributed by atoms with van der Waals surface area (Å²) in [5, 5.41) is 4.08. The minimum Gasteiger partial charge on any atom is -0.481 e. The van der Waals surface area contributed by atoms with Crippen LogP contribution in [-0.4, -0.2) is 23.3 Å². The molecule has 2 aromatic rings. The van der Waals surface area contributed by atoms with E-state index in [1.54, 1.807) is 38.0 Å². The maximum absolute atomic E-state index is 4.96. The lowest BCUT2D eigenvalue weighted by molar-refractivity contribution is 0.398. The second-order valence-electron chi connectivity index (χ2n) is 3.24. The van der Waals surface area contributed by atoms with Crippen LogP contribution < -0.4 is 10.2 Å². The number of nitrogens with zero attached hydrogens (tertiary/aromatic N) is 3. The maximum atomic E-state index is 4.96. The summed E-state index contributed by atoms with van der Waals surface area (Å²) in [6.07, 6.45) is 6.81. The van der Waals surface area contributed by atoms with Crippen molar-refractivity contribution < 1.29 is 4.74 Å². The molecule has 5 nitrogen and oxygen atoms in total. The monoisotopic (exact) mass is 228 g/mol. The van der Waals surface area contributed by atoms with Crippen molar-refractivity contribution >= 4 is 11.9 Å². The van der Waals surface area contributed by atoms with Crippen molar-refractivity contribution in [2.45, 2.75) is 0 Å². The second kappa shape index (κ2) is 5.60. The lowest BCUT2D eigenvalue weighted by Crippen LogP contribution is -1.92. The zero-order valence-corrected chi connectivity index (χ0v) is 9.37. The highest BCUT2D eigenvalue weighted by Crippen LogP contribution is 2.10. The molecule has 0 fully saturated rings. The number of ether oxygens (including phenoxy) is 1. The van der Waals surface area contributed by atoms with Crippen LogP contribution in [-0.2, 0) is 0 Å². The number of methoxy groups -OCH3 is 1. The summed E-state index contributed by atoms with van der Waals surface area (Å²) in [6, 6.07) is 7.36. The Morgan fingerprint density at radius 1 is 1.24 bits per heavy atom. The summed E-state index contributed by atoms with van der Waals surface area (Å²) < 4.78 is 4.96. The normalized spacial score (nSPS) is 10.4. The van der Waals surface area contributed by atoms with Crippen LogP contribution in [0.2, 0.25) is 0 Å². The van der Waals surface area contributed by atoms with E-state index in [9.17, 15) is 0 Å². The van der Waals surface area contributed by atoms with Crippen LogP contribution in [0.4, 0.5) is 5.69 Å². The molecule has 0 unspecified atom stereocenters. The molecule has 0 saturated carbocycles. The van der Waals surface area contributed by atoms with Crippen molar-refractivity contribution in [3.05, 3.63) is 48.4 Å². The molecule has 1 N–H and O–H groups in total. The fraction of sp³-hybridized carbons (Fsp3) is 0.0833. The van der Waals surface area contributed by atoms with E-state index in [0.29, 0.717) is 5.88 Å². The molecule has 2 aromatic heterocycles. The first-order valence-corrected chi connectivity index (χ1v) is 5.07. The van der Waals surface area contributed by atoms with E-state index in [4.69, 9.17) is 4.74 Å². The van der Waals surface area contributed by atoms with Crippen molar-refractivity contribution in [3.8, 4) is 5.88 Å². The molecule has 0 spiro atoms. The zero-order valence-electron chi connectivity index (χ0n) is 9.37. The fourth-order valence-corrected chi connectivity index (χ4v) is 1.20. The fourth-order valence-electron chi connectivity index (χ4n) is 1.20. The molecule has 5 heteroatoms. The number of aromatic nitrogens is 2. The molecule has 0 amide bonds. The molecular weight excluding hydrogens is 216 g/mol. The van der Waals surface area contributed by atoms with Crippen LogP contribution >= 0.6 is 0 Å². The molecule has 0 aliphatic carbocycles. The summed E-state index contributed by atoms with van der Waals surface area (Å²) in [5.41, 5.74) is 4.66. The van der Waals surface area contributed by atoms with Gasteiger partial charge in [0, 0.05) is 18.5 Å². The Kier molecular flexibility index (Phi) is 3.64. The van der Waals surface area contributed by atoms with Gasteiger partial charge >= 0.3 is 0 Å². The zero-order chi connectivity index (χ0) is 11.9. The quantitative estimate of drug-likeness (QED) is 0.641. The minimum atomic E-state index is 0.577. The third-order valence-electron chi connectivity index (χ3n) is 2.06. The lowest BCUT2D eigenvalue weighted by Gasteiger charge is -2.01. The molecule has 17 heavy (non-hydrogen) atoms.